The summed E-state index contributed by atoms with van der Waals surface area (Å²) in [5, 5.41) is 16.1. The molecule has 1 aliphatic carbocycles. The fourth-order valence-corrected chi connectivity index (χ4v) is 4.10. The van der Waals surface area contributed by atoms with Gasteiger partial charge >= 0.3 is 0 Å². The molecule has 3 unspecified atom stereocenters. The van der Waals surface area contributed by atoms with Crippen LogP contribution in [0.3, 0.4) is 0 Å². The van der Waals surface area contributed by atoms with Crippen molar-refractivity contribution in [2.24, 2.45) is 16.3 Å². The molecule has 3 rings (SSSR count). The SMILES string of the molecule is CCNC(=NCc1ccc(O)c(F)c1)NC1C2CCCOC2C1(C)C. The standard InChI is InChI=1S/C19H28FN3O2/c1-4-21-18(22-11-12-7-8-15(24)14(20)10-12)23-16-13-6-5-9-25-17(13)19(16,2)3/h7-8,10,13,16-17,24H,4-6,9,11H2,1-3H3,(H2,21,22,23). The molecule has 0 radical (unpaired) electrons. The van der Waals surface area contributed by atoms with Gasteiger partial charge in [0.15, 0.2) is 17.5 Å². The van der Waals surface area contributed by atoms with E-state index in [2.05, 4.69) is 29.5 Å². The van der Waals surface area contributed by atoms with Crippen LogP contribution in [0.25, 0.3) is 0 Å². The lowest BCUT2D eigenvalue weighted by Crippen LogP contribution is -2.71. The van der Waals surface area contributed by atoms with Crippen LogP contribution in [0.15, 0.2) is 23.2 Å². The van der Waals surface area contributed by atoms with Gasteiger partial charge in [-0.2, -0.15) is 0 Å². The summed E-state index contributed by atoms with van der Waals surface area (Å²) in [6.07, 6.45) is 2.59. The number of fused-ring (bicyclic) bond motifs is 1. The normalized spacial score (nSPS) is 28.0. The van der Waals surface area contributed by atoms with Crippen molar-refractivity contribution < 1.29 is 14.2 Å². The molecule has 1 saturated carbocycles. The van der Waals surface area contributed by atoms with E-state index in [0.29, 0.717) is 24.6 Å². The van der Waals surface area contributed by atoms with E-state index in [-0.39, 0.29) is 11.2 Å². The van der Waals surface area contributed by atoms with Gasteiger partial charge in [-0.3, -0.25) is 0 Å². The Bertz CT molecular complexity index is 648. The summed E-state index contributed by atoms with van der Waals surface area (Å²) in [6.45, 7) is 8.46. The van der Waals surface area contributed by atoms with Gasteiger partial charge in [-0.1, -0.05) is 19.9 Å². The van der Waals surface area contributed by atoms with Gasteiger partial charge < -0.3 is 20.5 Å². The third kappa shape index (κ3) is 3.59. The molecule has 6 heteroatoms. The van der Waals surface area contributed by atoms with Crippen LogP contribution in [0.2, 0.25) is 0 Å². The number of guanidine groups is 1. The first-order valence-electron chi connectivity index (χ1n) is 9.07. The largest absolute Gasteiger partial charge is 0.505 e. The summed E-state index contributed by atoms with van der Waals surface area (Å²) in [5.74, 6) is 0.294. The fraction of sp³-hybridized carbons (Fsp3) is 0.632. The van der Waals surface area contributed by atoms with E-state index in [4.69, 9.17) is 4.74 Å². The van der Waals surface area contributed by atoms with Crippen molar-refractivity contribution in [3.8, 4) is 5.75 Å². The van der Waals surface area contributed by atoms with Crippen molar-refractivity contribution in [3.63, 3.8) is 0 Å². The zero-order valence-corrected chi connectivity index (χ0v) is 15.2. The molecule has 138 valence electrons. The smallest absolute Gasteiger partial charge is 0.191 e. The molecule has 3 N–H and O–H groups in total. The first-order valence-corrected chi connectivity index (χ1v) is 9.07. The van der Waals surface area contributed by atoms with Crippen LogP contribution in [0, 0.1) is 17.2 Å². The number of ether oxygens (including phenoxy) is 1. The third-order valence-corrected chi connectivity index (χ3v) is 5.40. The number of aromatic hydroxyl groups is 1. The molecular formula is C19H28FN3O2. The number of halogens is 1. The quantitative estimate of drug-likeness (QED) is 0.578. The average Bonchev–Trinajstić information content (AvgIpc) is 2.60. The van der Waals surface area contributed by atoms with Crippen LogP contribution in [0.1, 0.15) is 39.2 Å². The van der Waals surface area contributed by atoms with E-state index in [0.717, 1.165) is 31.1 Å². The van der Waals surface area contributed by atoms with Gasteiger partial charge in [0.1, 0.15) is 0 Å². The maximum atomic E-state index is 13.5. The van der Waals surface area contributed by atoms with Crippen LogP contribution in [0.4, 0.5) is 4.39 Å². The Hall–Kier alpha value is -1.82. The molecule has 5 nitrogen and oxygen atoms in total. The summed E-state index contributed by atoms with van der Waals surface area (Å²) in [5.41, 5.74) is 0.783. The molecule has 0 spiro atoms. The molecule has 2 fully saturated rings. The second-order valence-corrected chi connectivity index (χ2v) is 7.52. The first-order chi connectivity index (χ1) is 11.9. The minimum Gasteiger partial charge on any atom is -0.505 e. The number of rotatable bonds is 4. The second kappa shape index (κ2) is 7.20. The number of hydrogen-bond acceptors (Lipinski definition) is 3. The number of phenols is 1. The van der Waals surface area contributed by atoms with Crippen molar-refractivity contribution >= 4 is 5.96 Å². The molecule has 1 aromatic rings. The lowest BCUT2D eigenvalue weighted by Gasteiger charge is -2.60. The second-order valence-electron chi connectivity index (χ2n) is 7.52. The van der Waals surface area contributed by atoms with Gasteiger partial charge in [-0.05, 0) is 37.5 Å². The van der Waals surface area contributed by atoms with Crippen LogP contribution < -0.4 is 10.6 Å². The minimum absolute atomic E-state index is 0.0614. The summed E-state index contributed by atoms with van der Waals surface area (Å²) in [6, 6.07) is 4.68. The highest BCUT2D eigenvalue weighted by Crippen LogP contribution is 2.51. The van der Waals surface area contributed by atoms with Crippen LogP contribution >= 0.6 is 0 Å². The van der Waals surface area contributed by atoms with Gasteiger partial charge in [0, 0.05) is 30.5 Å². The number of aliphatic imine (C=N–C) groups is 1. The Morgan fingerprint density at radius 3 is 2.96 bits per heavy atom. The third-order valence-electron chi connectivity index (χ3n) is 5.40. The Morgan fingerprint density at radius 1 is 1.44 bits per heavy atom. The number of hydrogen-bond donors (Lipinski definition) is 3. The van der Waals surface area contributed by atoms with Gasteiger partial charge in [-0.15, -0.1) is 0 Å². The van der Waals surface area contributed by atoms with E-state index in [1.165, 1.54) is 18.6 Å². The summed E-state index contributed by atoms with van der Waals surface area (Å²) in [4.78, 5) is 4.58. The van der Waals surface area contributed by atoms with Gasteiger partial charge in [0.2, 0.25) is 0 Å². The monoisotopic (exact) mass is 349 g/mol. The number of nitrogens with one attached hydrogen (secondary N) is 2. The first kappa shape index (κ1) is 18.0. The van der Waals surface area contributed by atoms with Gasteiger partial charge in [-0.25, -0.2) is 9.38 Å². The van der Waals surface area contributed by atoms with Gasteiger partial charge in [0.05, 0.1) is 12.6 Å². The molecule has 0 bridgehead atoms. The molecule has 0 amide bonds. The fourth-order valence-electron chi connectivity index (χ4n) is 4.10. The maximum absolute atomic E-state index is 13.5. The zero-order chi connectivity index (χ0) is 18.0. The van der Waals surface area contributed by atoms with Crippen LogP contribution in [-0.4, -0.2) is 36.4 Å². The highest BCUT2D eigenvalue weighted by molar-refractivity contribution is 5.80. The minimum atomic E-state index is -0.618. The molecule has 1 aromatic carbocycles. The van der Waals surface area contributed by atoms with E-state index < -0.39 is 5.82 Å². The van der Waals surface area contributed by atoms with Crippen LogP contribution in [-0.2, 0) is 11.3 Å². The molecule has 1 saturated heterocycles. The van der Waals surface area contributed by atoms with Crippen molar-refractivity contribution in [1.82, 2.24) is 10.6 Å². The highest BCUT2D eigenvalue weighted by atomic mass is 19.1. The predicted octanol–water partition coefficient (Wildman–Crippen LogP) is 2.79. The Kier molecular flexibility index (Phi) is 5.18. The van der Waals surface area contributed by atoms with Crippen molar-refractivity contribution in [3.05, 3.63) is 29.6 Å². The molecule has 0 aromatic heterocycles. The predicted molar refractivity (Wildman–Crippen MR) is 96.0 cm³/mol. The lowest BCUT2D eigenvalue weighted by molar-refractivity contribution is -0.188. The van der Waals surface area contributed by atoms with Crippen molar-refractivity contribution in [2.75, 3.05) is 13.2 Å². The molecule has 2 aliphatic rings. The summed E-state index contributed by atoms with van der Waals surface area (Å²) < 4.78 is 19.4. The van der Waals surface area contributed by atoms with Gasteiger partial charge in [0.25, 0.3) is 0 Å². The molecule has 1 heterocycles. The number of phenolic OH excluding ortho intramolecular Hbond substituents is 1. The van der Waals surface area contributed by atoms with Crippen molar-refractivity contribution in [2.45, 2.75) is 52.3 Å². The Morgan fingerprint density at radius 2 is 2.24 bits per heavy atom. The van der Waals surface area contributed by atoms with E-state index >= 15 is 0 Å². The lowest BCUT2D eigenvalue weighted by atomic mass is 9.55. The van der Waals surface area contributed by atoms with E-state index in [1.54, 1.807) is 6.07 Å². The zero-order valence-electron chi connectivity index (χ0n) is 15.2. The molecule has 1 aliphatic heterocycles. The topological polar surface area (TPSA) is 65.9 Å². The summed E-state index contributed by atoms with van der Waals surface area (Å²) in [7, 11) is 0. The molecular weight excluding hydrogens is 321 g/mol. The number of nitrogens with zero attached hydrogens (tertiary/aromatic N) is 1. The summed E-state index contributed by atoms with van der Waals surface area (Å²) >= 11 is 0. The Balaban J connectivity index is 1.69. The van der Waals surface area contributed by atoms with E-state index in [9.17, 15) is 9.50 Å². The number of benzene rings is 1. The van der Waals surface area contributed by atoms with Crippen molar-refractivity contribution in [1.29, 1.82) is 0 Å². The molecule has 25 heavy (non-hydrogen) atoms. The van der Waals surface area contributed by atoms with E-state index in [1.807, 2.05) is 6.92 Å². The van der Waals surface area contributed by atoms with Crippen LogP contribution in [0.5, 0.6) is 5.75 Å². The maximum Gasteiger partial charge on any atom is 0.191 e. The average molecular weight is 349 g/mol. The highest BCUT2D eigenvalue weighted by Gasteiger charge is 2.58. The Labute approximate surface area is 148 Å². The molecule has 3 atom stereocenters.